The first-order chi connectivity index (χ1) is 10.4. The van der Waals surface area contributed by atoms with Gasteiger partial charge in [-0.2, -0.15) is 0 Å². The molecule has 2 aliphatic rings. The summed E-state index contributed by atoms with van der Waals surface area (Å²) in [6.45, 7) is 9.30. The van der Waals surface area contributed by atoms with Crippen LogP contribution in [0.25, 0.3) is 0 Å². The van der Waals surface area contributed by atoms with E-state index in [0.29, 0.717) is 25.1 Å². The molecule has 1 heterocycles. The molecular formula is C18H27NO3. The number of amides is 1. The standard InChI is InChI=1S/C18H27NO3/c1-5-13(2)18(3)9-8-16(20)15(11-18)17(21)19-10-6-7-14(19)12-22-4/h5,11,13-14H,1,6-10,12H2,2-4H3/t13-,14-,18-/m0/s1. The average molecular weight is 305 g/mol. The summed E-state index contributed by atoms with van der Waals surface area (Å²) >= 11 is 0. The highest BCUT2D eigenvalue weighted by Crippen LogP contribution is 2.40. The number of rotatable bonds is 5. The molecular weight excluding hydrogens is 278 g/mol. The minimum atomic E-state index is -0.170. The fourth-order valence-electron chi connectivity index (χ4n) is 3.43. The molecule has 0 spiro atoms. The maximum atomic E-state index is 12.9. The third-order valence-corrected chi connectivity index (χ3v) is 5.29. The van der Waals surface area contributed by atoms with E-state index in [-0.39, 0.29) is 29.1 Å². The van der Waals surface area contributed by atoms with E-state index in [1.165, 1.54) is 0 Å². The van der Waals surface area contributed by atoms with Gasteiger partial charge in [0.2, 0.25) is 0 Å². The van der Waals surface area contributed by atoms with Crippen LogP contribution in [-0.4, -0.2) is 42.9 Å². The molecule has 3 atom stereocenters. The molecule has 4 heteroatoms. The molecule has 22 heavy (non-hydrogen) atoms. The molecule has 4 nitrogen and oxygen atoms in total. The summed E-state index contributed by atoms with van der Waals surface area (Å²) in [5.74, 6) is 0.0882. The number of hydrogen-bond donors (Lipinski definition) is 0. The van der Waals surface area contributed by atoms with Crippen molar-refractivity contribution < 1.29 is 14.3 Å². The van der Waals surface area contributed by atoms with Crippen molar-refractivity contribution in [2.45, 2.75) is 45.6 Å². The monoisotopic (exact) mass is 305 g/mol. The predicted molar refractivity (Wildman–Crippen MR) is 86.4 cm³/mol. The summed E-state index contributed by atoms with van der Waals surface area (Å²) in [5, 5.41) is 0. The molecule has 2 rings (SSSR count). The first-order valence-corrected chi connectivity index (χ1v) is 8.11. The van der Waals surface area contributed by atoms with Gasteiger partial charge >= 0.3 is 0 Å². The highest BCUT2D eigenvalue weighted by atomic mass is 16.5. The number of likely N-dealkylation sites (tertiary alicyclic amines) is 1. The molecule has 0 saturated carbocycles. The number of nitrogens with zero attached hydrogens (tertiary/aromatic N) is 1. The molecule has 0 N–H and O–H groups in total. The molecule has 0 radical (unpaired) electrons. The van der Waals surface area contributed by atoms with Gasteiger partial charge in [0.15, 0.2) is 5.78 Å². The number of hydrogen-bond acceptors (Lipinski definition) is 3. The van der Waals surface area contributed by atoms with Gasteiger partial charge in [0.1, 0.15) is 0 Å². The number of ether oxygens (including phenoxy) is 1. The van der Waals surface area contributed by atoms with Crippen LogP contribution in [0.5, 0.6) is 0 Å². The van der Waals surface area contributed by atoms with E-state index in [4.69, 9.17) is 4.74 Å². The molecule has 0 bridgehead atoms. The Morgan fingerprint density at radius 2 is 2.36 bits per heavy atom. The fraction of sp³-hybridized carbons (Fsp3) is 0.667. The number of Topliss-reactive ketones (excluding diaryl/α,β-unsaturated/α-hetero) is 1. The van der Waals surface area contributed by atoms with Gasteiger partial charge in [0.05, 0.1) is 18.2 Å². The Bertz CT molecular complexity index is 497. The normalized spacial score (nSPS) is 30.1. The number of allylic oxidation sites excluding steroid dienone is 2. The lowest BCUT2D eigenvalue weighted by Gasteiger charge is -2.36. The van der Waals surface area contributed by atoms with Crippen LogP contribution in [0.3, 0.4) is 0 Å². The zero-order chi connectivity index (χ0) is 16.3. The summed E-state index contributed by atoms with van der Waals surface area (Å²) in [6, 6.07) is 0.0937. The second kappa shape index (κ2) is 6.78. The highest BCUT2D eigenvalue weighted by Gasteiger charge is 2.39. The molecule has 0 aromatic carbocycles. The summed E-state index contributed by atoms with van der Waals surface area (Å²) in [6.07, 6.45) is 6.93. The number of ketones is 1. The van der Waals surface area contributed by atoms with E-state index in [9.17, 15) is 9.59 Å². The zero-order valence-electron chi connectivity index (χ0n) is 13.9. The third-order valence-electron chi connectivity index (χ3n) is 5.29. The van der Waals surface area contributed by atoms with Crippen molar-refractivity contribution in [3.63, 3.8) is 0 Å². The lowest BCUT2D eigenvalue weighted by atomic mass is 9.69. The SMILES string of the molecule is C=C[C@H](C)[C@]1(C)C=C(C(=O)N2CCC[C@H]2COC)C(=O)CC1. The van der Waals surface area contributed by atoms with Crippen LogP contribution < -0.4 is 0 Å². The van der Waals surface area contributed by atoms with Gasteiger partial charge in [-0.25, -0.2) is 0 Å². The molecule has 1 fully saturated rings. The van der Waals surface area contributed by atoms with Crippen molar-refractivity contribution in [2.24, 2.45) is 11.3 Å². The minimum absolute atomic E-state index is 0.0261. The Morgan fingerprint density at radius 3 is 3.00 bits per heavy atom. The van der Waals surface area contributed by atoms with E-state index in [1.807, 2.05) is 17.1 Å². The second-order valence-corrected chi connectivity index (χ2v) is 6.76. The van der Waals surface area contributed by atoms with Crippen LogP contribution in [0, 0.1) is 11.3 Å². The van der Waals surface area contributed by atoms with Crippen LogP contribution in [0.1, 0.15) is 39.5 Å². The summed E-state index contributed by atoms with van der Waals surface area (Å²) < 4.78 is 5.21. The smallest absolute Gasteiger partial charge is 0.257 e. The van der Waals surface area contributed by atoms with E-state index in [0.717, 1.165) is 19.3 Å². The summed E-state index contributed by atoms with van der Waals surface area (Å²) in [5.41, 5.74) is 0.197. The van der Waals surface area contributed by atoms with Gasteiger partial charge in [0.25, 0.3) is 5.91 Å². The van der Waals surface area contributed by atoms with Gasteiger partial charge in [-0.1, -0.05) is 26.0 Å². The average Bonchev–Trinajstić information content (AvgIpc) is 2.97. The summed E-state index contributed by atoms with van der Waals surface area (Å²) in [7, 11) is 1.65. The van der Waals surface area contributed by atoms with Crippen molar-refractivity contribution in [3.05, 3.63) is 24.3 Å². The zero-order valence-corrected chi connectivity index (χ0v) is 13.9. The maximum Gasteiger partial charge on any atom is 0.257 e. The maximum absolute atomic E-state index is 12.9. The molecule has 0 aromatic rings. The fourth-order valence-corrected chi connectivity index (χ4v) is 3.43. The number of methoxy groups -OCH3 is 1. The van der Waals surface area contributed by atoms with Gasteiger partial charge in [0, 0.05) is 20.1 Å². The third kappa shape index (κ3) is 3.17. The number of carbonyl (C=O) groups is 2. The largest absolute Gasteiger partial charge is 0.383 e. The molecule has 1 aliphatic carbocycles. The lowest BCUT2D eigenvalue weighted by Crippen LogP contribution is -2.42. The Hall–Kier alpha value is -1.42. The van der Waals surface area contributed by atoms with Crippen LogP contribution in [0.4, 0.5) is 0 Å². The highest BCUT2D eigenvalue weighted by molar-refractivity contribution is 6.19. The Labute approximate surface area is 133 Å². The van der Waals surface area contributed by atoms with Crippen molar-refractivity contribution in [1.82, 2.24) is 4.90 Å². The molecule has 0 unspecified atom stereocenters. The molecule has 0 aromatic heterocycles. The van der Waals surface area contributed by atoms with Crippen molar-refractivity contribution in [3.8, 4) is 0 Å². The second-order valence-electron chi connectivity index (χ2n) is 6.76. The van der Waals surface area contributed by atoms with Gasteiger partial charge in [-0.05, 0) is 30.6 Å². The van der Waals surface area contributed by atoms with Crippen LogP contribution in [0.2, 0.25) is 0 Å². The first-order valence-electron chi connectivity index (χ1n) is 8.11. The Kier molecular flexibility index (Phi) is 5.22. The van der Waals surface area contributed by atoms with Crippen molar-refractivity contribution in [1.29, 1.82) is 0 Å². The van der Waals surface area contributed by atoms with Gasteiger partial charge in [-0.3, -0.25) is 9.59 Å². The molecule has 1 aliphatic heterocycles. The topological polar surface area (TPSA) is 46.6 Å². The van der Waals surface area contributed by atoms with Crippen LogP contribution >= 0.6 is 0 Å². The molecule has 1 saturated heterocycles. The van der Waals surface area contributed by atoms with E-state index < -0.39 is 0 Å². The van der Waals surface area contributed by atoms with E-state index in [2.05, 4.69) is 20.4 Å². The lowest BCUT2D eigenvalue weighted by molar-refractivity contribution is -0.131. The minimum Gasteiger partial charge on any atom is -0.383 e. The van der Waals surface area contributed by atoms with Crippen LogP contribution in [0.15, 0.2) is 24.3 Å². The van der Waals surface area contributed by atoms with Gasteiger partial charge < -0.3 is 9.64 Å². The molecule has 122 valence electrons. The predicted octanol–water partition coefficient (Wildman–Crippen LogP) is 2.74. The van der Waals surface area contributed by atoms with Crippen molar-refractivity contribution in [2.75, 3.05) is 20.3 Å². The summed E-state index contributed by atoms with van der Waals surface area (Å²) in [4.78, 5) is 26.9. The first kappa shape index (κ1) is 16.9. The number of carbonyl (C=O) groups excluding carboxylic acids is 2. The van der Waals surface area contributed by atoms with Gasteiger partial charge in [-0.15, -0.1) is 6.58 Å². The van der Waals surface area contributed by atoms with E-state index >= 15 is 0 Å². The van der Waals surface area contributed by atoms with Crippen LogP contribution in [-0.2, 0) is 14.3 Å². The Morgan fingerprint density at radius 1 is 1.64 bits per heavy atom. The van der Waals surface area contributed by atoms with Crippen molar-refractivity contribution >= 4 is 11.7 Å². The molecule has 1 amide bonds. The quantitative estimate of drug-likeness (QED) is 0.579. The Balaban J connectivity index is 2.26. The van der Waals surface area contributed by atoms with E-state index in [1.54, 1.807) is 7.11 Å².